The van der Waals surface area contributed by atoms with Gasteiger partial charge in [0.05, 0.1) is 17.6 Å². The highest BCUT2D eigenvalue weighted by Gasteiger charge is 2.11. The Morgan fingerprint density at radius 3 is 2.49 bits per heavy atom. The van der Waals surface area contributed by atoms with Gasteiger partial charge in [-0.15, -0.1) is 0 Å². The fourth-order valence-electron chi connectivity index (χ4n) is 4.08. The van der Waals surface area contributed by atoms with Crippen molar-refractivity contribution in [3.05, 3.63) is 94.8 Å². The lowest BCUT2D eigenvalue weighted by atomic mass is 10.0. The lowest BCUT2D eigenvalue weighted by Crippen LogP contribution is -2.25. The maximum atomic E-state index is 12.3. The molecular weight excluding hydrogens is 458 g/mol. The van der Waals surface area contributed by atoms with Crippen molar-refractivity contribution in [2.24, 2.45) is 0 Å². The van der Waals surface area contributed by atoms with Gasteiger partial charge in [-0.2, -0.15) is 0 Å². The Labute approximate surface area is 212 Å². The number of aromatic nitrogens is 2. The Balaban J connectivity index is 1.31. The fraction of sp³-hybridized carbons (Fsp3) is 0.310. The van der Waals surface area contributed by atoms with E-state index in [0.29, 0.717) is 29.7 Å². The van der Waals surface area contributed by atoms with E-state index < -0.39 is 0 Å². The second kappa shape index (κ2) is 11.9. The molecule has 0 saturated carbocycles. The van der Waals surface area contributed by atoms with Crippen LogP contribution in [-0.4, -0.2) is 28.6 Å². The number of carbonyl (C=O) groups is 1. The van der Waals surface area contributed by atoms with Gasteiger partial charge in [-0.25, -0.2) is 4.98 Å². The molecule has 1 amide bonds. The Morgan fingerprint density at radius 1 is 1.00 bits per heavy atom. The normalized spacial score (nSPS) is 11.2. The average Bonchev–Trinajstić information content (AvgIpc) is 3.22. The van der Waals surface area contributed by atoms with Crippen molar-refractivity contribution >= 4 is 28.5 Å². The molecular formula is C29H32ClN3O2. The number of nitrogens with one attached hydrogen (secondary N) is 1. The summed E-state index contributed by atoms with van der Waals surface area (Å²) in [6.07, 6.45) is 2.47. The van der Waals surface area contributed by atoms with Gasteiger partial charge in [-0.3, -0.25) is 4.79 Å². The number of hydrogen-bond donors (Lipinski definition) is 1. The largest absolute Gasteiger partial charge is 0.494 e. The second-order valence-corrected chi connectivity index (χ2v) is 9.40. The van der Waals surface area contributed by atoms with Gasteiger partial charge in [0.1, 0.15) is 11.6 Å². The van der Waals surface area contributed by atoms with Crippen LogP contribution < -0.4 is 10.1 Å². The minimum absolute atomic E-state index is 0.0891. The van der Waals surface area contributed by atoms with Gasteiger partial charge >= 0.3 is 0 Å². The van der Waals surface area contributed by atoms with E-state index in [-0.39, 0.29) is 5.91 Å². The molecule has 0 radical (unpaired) electrons. The Bertz CT molecular complexity index is 1250. The fourth-order valence-corrected chi connectivity index (χ4v) is 4.21. The number of para-hydroxylation sites is 2. The summed E-state index contributed by atoms with van der Waals surface area (Å²) in [5.74, 6) is 2.37. The standard InChI is InChI=1S/C29H32ClN3O2/c1-21(2)22-12-16-25(17-13-22)35-20-6-19-33-27-8-4-3-7-26(27)32-28(33)9-5-18-31-29(34)23-10-14-24(30)15-11-23/h3-4,7-8,10-17,21H,5-6,9,18-20H2,1-2H3,(H,31,34). The van der Waals surface area contributed by atoms with Crippen LogP contribution in [0.4, 0.5) is 0 Å². The molecule has 1 aromatic heterocycles. The molecule has 6 heteroatoms. The quantitative estimate of drug-likeness (QED) is 0.240. The van der Waals surface area contributed by atoms with Gasteiger partial charge in [0, 0.05) is 30.1 Å². The third kappa shape index (κ3) is 6.64. The first-order chi connectivity index (χ1) is 17.0. The number of carbonyl (C=O) groups excluding carboxylic acids is 1. The van der Waals surface area contributed by atoms with Crippen molar-refractivity contribution in [2.75, 3.05) is 13.2 Å². The number of aryl methyl sites for hydroxylation is 2. The molecule has 0 atom stereocenters. The van der Waals surface area contributed by atoms with Gasteiger partial charge in [-0.05, 0) is 72.9 Å². The van der Waals surface area contributed by atoms with Crippen LogP contribution in [0, 0.1) is 0 Å². The highest BCUT2D eigenvalue weighted by molar-refractivity contribution is 6.30. The highest BCUT2D eigenvalue weighted by Crippen LogP contribution is 2.20. The number of amides is 1. The molecule has 0 spiro atoms. The minimum atomic E-state index is -0.0891. The van der Waals surface area contributed by atoms with Gasteiger partial charge in [0.2, 0.25) is 0 Å². The first kappa shape index (κ1) is 24.8. The minimum Gasteiger partial charge on any atom is -0.494 e. The van der Waals surface area contributed by atoms with E-state index in [1.165, 1.54) is 5.56 Å². The number of ether oxygens (including phenoxy) is 1. The van der Waals surface area contributed by atoms with E-state index in [1.54, 1.807) is 24.3 Å². The van der Waals surface area contributed by atoms with Crippen LogP contribution in [0.1, 0.15) is 54.4 Å². The summed E-state index contributed by atoms with van der Waals surface area (Å²) in [5, 5.41) is 3.60. The molecule has 0 fully saturated rings. The van der Waals surface area contributed by atoms with Gasteiger partial charge in [0.25, 0.3) is 5.91 Å². The molecule has 3 aromatic carbocycles. The second-order valence-electron chi connectivity index (χ2n) is 8.96. The Morgan fingerprint density at radius 2 is 1.74 bits per heavy atom. The summed E-state index contributed by atoms with van der Waals surface area (Å²) in [5.41, 5.74) is 4.06. The number of rotatable bonds is 11. The van der Waals surface area contributed by atoms with E-state index in [4.69, 9.17) is 21.3 Å². The van der Waals surface area contributed by atoms with Crippen LogP contribution in [0.25, 0.3) is 11.0 Å². The molecule has 1 N–H and O–H groups in total. The summed E-state index contributed by atoms with van der Waals surface area (Å²) in [6, 6.07) is 23.5. The van der Waals surface area contributed by atoms with Crippen molar-refractivity contribution in [3.8, 4) is 5.75 Å². The molecule has 0 aliphatic carbocycles. The zero-order valence-electron chi connectivity index (χ0n) is 20.3. The zero-order chi connectivity index (χ0) is 24.6. The lowest BCUT2D eigenvalue weighted by Gasteiger charge is -2.12. The third-order valence-electron chi connectivity index (χ3n) is 6.04. The summed E-state index contributed by atoms with van der Waals surface area (Å²) in [7, 11) is 0. The van der Waals surface area contributed by atoms with Crippen LogP contribution in [0.3, 0.4) is 0 Å². The molecule has 182 valence electrons. The van der Waals surface area contributed by atoms with Gasteiger partial charge in [0.15, 0.2) is 0 Å². The number of nitrogens with zero attached hydrogens (tertiary/aromatic N) is 2. The van der Waals surface area contributed by atoms with Crippen LogP contribution in [0.15, 0.2) is 72.8 Å². The number of hydrogen-bond acceptors (Lipinski definition) is 3. The van der Waals surface area contributed by atoms with Crippen molar-refractivity contribution < 1.29 is 9.53 Å². The smallest absolute Gasteiger partial charge is 0.251 e. The van der Waals surface area contributed by atoms with E-state index in [0.717, 1.165) is 48.4 Å². The molecule has 35 heavy (non-hydrogen) atoms. The first-order valence-corrected chi connectivity index (χ1v) is 12.6. The molecule has 0 unspecified atom stereocenters. The van der Waals surface area contributed by atoms with Crippen molar-refractivity contribution in [3.63, 3.8) is 0 Å². The molecule has 4 rings (SSSR count). The van der Waals surface area contributed by atoms with E-state index in [9.17, 15) is 4.79 Å². The van der Waals surface area contributed by atoms with Gasteiger partial charge in [-0.1, -0.05) is 49.7 Å². The van der Waals surface area contributed by atoms with Crippen molar-refractivity contribution in [2.45, 2.75) is 45.6 Å². The van der Waals surface area contributed by atoms with E-state index >= 15 is 0 Å². The monoisotopic (exact) mass is 489 g/mol. The highest BCUT2D eigenvalue weighted by atomic mass is 35.5. The van der Waals surface area contributed by atoms with E-state index in [2.05, 4.69) is 41.9 Å². The van der Waals surface area contributed by atoms with Gasteiger partial charge < -0.3 is 14.6 Å². The molecule has 0 aliphatic heterocycles. The Hall–Kier alpha value is -3.31. The number of halogens is 1. The predicted molar refractivity (Wildman–Crippen MR) is 142 cm³/mol. The van der Waals surface area contributed by atoms with Crippen molar-refractivity contribution in [1.29, 1.82) is 0 Å². The maximum absolute atomic E-state index is 12.3. The topological polar surface area (TPSA) is 56.1 Å². The molecule has 1 heterocycles. The molecule has 5 nitrogen and oxygen atoms in total. The van der Waals surface area contributed by atoms with Crippen LogP contribution in [-0.2, 0) is 13.0 Å². The summed E-state index contributed by atoms with van der Waals surface area (Å²) < 4.78 is 8.26. The maximum Gasteiger partial charge on any atom is 0.251 e. The van der Waals surface area contributed by atoms with Crippen LogP contribution in [0.2, 0.25) is 5.02 Å². The SMILES string of the molecule is CC(C)c1ccc(OCCCn2c(CCCNC(=O)c3ccc(Cl)cc3)nc3ccccc32)cc1. The molecule has 4 aromatic rings. The average molecular weight is 490 g/mol. The lowest BCUT2D eigenvalue weighted by molar-refractivity contribution is 0.0953. The zero-order valence-corrected chi connectivity index (χ0v) is 21.1. The third-order valence-corrected chi connectivity index (χ3v) is 6.30. The Kier molecular flexibility index (Phi) is 8.43. The first-order valence-electron chi connectivity index (χ1n) is 12.2. The van der Waals surface area contributed by atoms with Crippen molar-refractivity contribution in [1.82, 2.24) is 14.9 Å². The van der Waals surface area contributed by atoms with Crippen LogP contribution in [0.5, 0.6) is 5.75 Å². The molecule has 0 saturated heterocycles. The number of fused-ring (bicyclic) bond motifs is 1. The predicted octanol–water partition coefficient (Wildman–Crippen LogP) is 6.64. The molecule has 0 aliphatic rings. The van der Waals surface area contributed by atoms with Crippen LogP contribution >= 0.6 is 11.6 Å². The number of benzene rings is 3. The number of imidazole rings is 1. The van der Waals surface area contributed by atoms with E-state index in [1.807, 2.05) is 30.3 Å². The summed E-state index contributed by atoms with van der Waals surface area (Å²) in [4.78, 5) is 17.2. The molecule has 0 bridgehead atoms. The summed E-state index contributed by atoms with van der Waals surface area (Å²) in [6.45, 7) is 6.44. The summed E-state index contributed by atoms with van der Waals surface area (Å²) >= 11 is 5.90.